The highest BCUT2D eigenvalue weighted by molar-refractivity contribution is 7.92. The Morgan fingerprint density at radius 2 is 1.49 bits per heavy atom. The van der Waals surface area contributed by atoms with Crippen molar-refractivity contribution in [1.29, 1.82) is 0 Å². The second kappa shape index (κ2) is 11.0. The molecule has 43 heavy (non-hydrogen) atoms. The average molecular weight is 638 g/mol. The Labute approximate surface area is 243 Å². The molecule has 2 aliphatic carbocycles. The van der Waals surface area contributed by atoms with Gasteiger partial charge in [0.15, 0.2) is 0 Å². The quantitative estimate of drug-likeness (QED) is 0.365. The van der Waals surface area contributed by atoms with Crippen molar-refractivity contribution >= 4 is 21.5 Å². The van der Waals surface area contributed by atoms with Gasteiger partial charge in [-0.05, 0) is 91.7 Å². The van der Waals surface area contributed by atoms with E-state index in [1.54, 1.807) is 0 Å². The molecule has 0 saturated heterocycles. The number of hydrogen-bond acceptors (Lipinski definition) is 5. The third kappa shape index (κ3) is 5.43. The summed E-state index contributed by atoms with van der Waals surface area (Å²) in [5.41, 5.74) is -7.16. The summed E-state index contributed by atoms with van der Waals surface area (Å²) in [6, 6.07) is 4.31. The van der Waals surface area contributed by atoms with E-state index in [2.05, 4.69) is 0 Å². The van der Waals surface area contributed by atoms with Gasteiger partial charge >= 0.3 is 12.4 Å². The van der Waals surface area contributed by atoms with Crippen LogP contribution in [0.2, 0.25) is 0 Å². The van der Waals surface area contributed by atoms with E-state index in [9.17, 15) is 54.2 Å². The fourth-order valence-electron chi connectivity index (χ4n) is 7.32. The number of Topliss-reactive ketones (excluding diaryl/α,β-unsaturated/α-hetero) is 1. The molecule has 14 heteroatoms. The molecule has 2 aromatic rings. The minimum Gasteiger partial charge on any atom is -0.396 e. The number of aliphatic hydroxyl groups is 2. The Bertz CT molecular complexity index is 1460. The number of ketones is 1. The highest BCUT2D eigenvalue weighted by Gasteiger charge is 2.71. The Hall–Kier alpha value is -2.71. The Morgan fingerprint density at radius 1 is 0.884 bits per heavy atom. The van der Waals surface area contributed by atoms with Gasteiger partial charge in [0.25, 0.3) is 15.6 Å². The van der Waals surface area contributed by atoms with E-state index in [0.717, 1.165) is 53.9 Å². The largest absolute Gasteiger partial charge is 0.430 e. The zero-order chi connectivity index (χ0) is 31.5. The first-order valence-electron chi connectivity index (χ1n) is 13.9. The number of aryl methyl sites for hydroxylation is 1. The molecule has 2 aromatic carbocycles. The Morgan fingerprint density at radius 3 is 2.07 bits per heavy atom. The lowest BCUT2D eigenvalue weighted by Gasteiger charge is -2.39. The molecule has 0 spiro atoms. The fourth-order valence-corrected chi connectivity index (χ4v) is 9.04. The van der Waals surface area contributed by atoms with Gasteiger partial charge in [0.1, 0.15) is 11.6 Å². The molecule has 5 atom stereocenters. The molecule has 2 bridgehead atoms. The molecule has 6 nitrogen and oxygen atoms in total. The normalized spacial score (nSPS) is 26.1. The van der Waals surface area contributed by atoms with Crippen molar-refractivity contribution < 1.29 is 54.2 Å². The number of carbonyl (C=O) groups excluding carboxylic acids is 1. The highest BCUT2D eigenvalue weighted by Crippen LogP contribution is 2.54. The van der Waals surface area contributed by atoms with E-state index in [-0.39, 0.29) is 72.0 Å². The Kier molecular flexibility index (Phi) is 8.13. The maximum Gasteiger partial charge on any atom is 0.430 e. The van der Waals surface area contributed by atoms with Crippen LogP contribution < -0.4 is 4.31 Å². The van der Waals surface area contributed by atoms with E-state index in [0.29, 0.717) is 18.1 Å². The molecule has 1 heterocycles. The average Bonchev–Trinajstić information content (AvgIpc) is 3.53. The number of fused-ring (bicyclic) bond motifs is 3. The number of halogens is 7. The van der Waals surface area contributed by atoms with Crippen molar-refractivity contribution in [2.24, 2.45) is 23.7 Å². The summed E-state index contributed by atoms with van der Waals surface area (Å²) < 4.78 is 123. The molecule has 2 unspecified atom stereocenters. The van der Waals surface area contributed by atoms with Crippen LogP contribution in [-0.2, 0) is 26.8 Å². The van der Waals surface area contributed by atoms with E-state index in [1.807, 2.05) is 0 Å². The summed E-state index contributed by atoms with van der Waals surface area (Å²) in [6.07, 6.45) is -9.88. The lowest BCUT2D eigenvalue weighted by Crippen LogP contribution is -2.54. The van der Waals surface area contributed by atoms with Crippen LogP contribution >= 0.6 is 0 Å². The number of alkyl halides is 6. The first kappa shape index (κ1) is 31.7. The van der Waals surface area contributed by atoms with Gasteiger partial charge in [0, 0.05) is 25.0 Å². The lowest BCUT2D eigenvalue weighted by atomic mass is 9.76. The van der Waals surface area contributed by atoms with Crippen LogP contribution in [0, 0.1) is 29.5 Å². The van der Waals surface area contributed by atoms with Gasteiger partial charge in [-0.1, -0.05) is 12.1 Å². The van der Waals surface area contributed by atoms with Gasteiger partial charge in [-0.25, -0.2) is 12.8 Å². The third-order valence-corrected chi connectivity index (χ3v) is 11.3. The van der Waals surface area contributed by atoms with Gasteiger partial charge in [0.2, 0.25) is 0 Å². The molecular weight excluding hydrogens is 607 g/mol. The van der Waals surface area contributed by atoms with E-state index >= 15 is 0 Å². The molecule has 0 amide bonds. The van der Waals surface area contributed by atoms with Gasteiger partial charge < -0.3 is 10.2 Å². The smallest absolute Gasteiger partial charge is 0.396 e. The fraction of sp³-hybridized carbons (Fsp3) is 0.552. The maximum absolute atomic E-state index is 13.9. The number of carbonyl (C=O) groups is 1. The number of anilines is 1. The molecule has 1 aliphatic heterocycles. The summed E-state index contributed by atoms with van der Waals surface area (Å²) in [4.78, 5) is 13.0. The minimum atomic E-state index is -6.13. The van der Waals surface area contributed by atoms with E-state index < -0.39 is 45.4 Å². The molecule has 2 N–H and O–H groups in total. The summed E-state index contributed by atoms with van der Waals surface area (Å²) in [7, 11) is -4.58. The van der Waals surface area contributed by atoms with Crippen molar-refractivity contribution in [1.82, 2.24) is 0 Å². The second-order valence-electron chi connectivity index (χ2n) is 11.8. The molecule has 236 valence electrons. The van der Waals surface area contributed by atoms with Crippen molar-refractivity contribution in [2.45, 2.75) is 73.8 Å². The van der Waals surface area contributed by atoms with Gasteiger partial charge in [-0.15, -0.1) is 0 Å². The second-order valence-corrected chi connectivity index (χ2v) is 13.6. The van der Waals surface area contributed by atoms with Gasteiger partial charge in [-0.2, -0.15) is 26.3 Å². The number of aliphatic hydroxyl groups excluding tert-OH is 1. The number of sulfonamides is 1. The summed E-state index contributed by atoms with van der Waals surface area (Å²) in [6.45, 7) is -0.0640. The lowest BCUT2D eigenvalue weighted by molar-refractivity contribution is -0.376. The standard InChI is InChI=1S/C29H30F7NO5S/c30-20-5-8-23(9-6-20)43(41,42)37-21(13-22(39)14-24-16-1-2-17(11-16)25(24)15-38)7-3-18-12-19(4-10-26(18)37)27(40,28(31,32)33)29(34,35)36/h4-6,8-10,12,16-17,21,24-25,38,40H,1-3,7,11,13-15H2/t16?,17?,21-,24+,25-/m0/s1. The van der Waals surface area contributed by atoms with Crippen LogP contribution in [-0.4, -0.2) is 49.4 Å². The molecule has 2 fully saturated rings. The third-order valence-electron chi connectivity index (χ3n) is 9.42. The SMILES string of the molecule is O=C(C[C@@H]1CCc2cc(C(O)(C(F)(F)F)C(F)(F)F)ccc2N1S(=O)(=O)c1ccc(F)cc1)C[C@@H]1C2CCC(C2)[C@@H]1CO. The predicted molar refractivity (Wildman–Crippen MR) is 140 cm³/mol. The van der Waals surface area contributed by atoms with Crippen LogP contribution in [0.4, 0.5) is 36.4 Å². The summed E-state index contributed by atoms with van der Waals surface area (Å²) >= 11 is 0. The van der Waals surface area contributed by atoms with Crippen molar-refractivity contribution in [3.8, 4) is 0 Å². The van der Waals surface area contributed by atoms with Crippen molar-refractivity contribution in [3.63, 3.8) is 0 Å². The van der Waals surface area contributed by atoms with Gasteiger partial charge in [-0.3, -0.25) is 9.10 Å². The first-order chi connectivity index (χ1) is 20.0. The van der Waals surface area contributed by atoms with Crippen LogP contribution in [0.5, 0.6) is 0 Å². The van der Waals surface area contributed by atoms with Crippen LogP contribution in [0.1, 0.15) is 49.7 Å². The van der Waals surface area contributed by atoms with Crippen LogP contribution in [0.25, 0.3) is 0 Å². The van der Waals surface area contributed by atoms with E-state index in [4.69, 9.17) is 0 Å². The molecule has 0 aromatic heterocycles. The first-order valence-corrected chi connectivity index (χ1v) is 15.3. The Balaban J connectivity index is 1.52. The topological polar surface area (TPSA) is 94.9 Å². The summed E-state index contributed by atoms with van der Waals surface area (Å²) in [5, 5.41) is 19.8. The highest BCUT2D eigenvalue weighted by atomic mass is 32.2. The number of benzene rings is 2. The summed E-state index contributed by atoms with van der Waals surface area (Å²) in [5.74, 6) is -0.503. The molecule has 5 rings (SSSR count). The number of rotatable bonds is 8. The minimum absolute atomic E-state index is 0.0340. The maximum atomic E-state index is 13.9. The molecule has 2 saturated carbocycles. The zero-order valence-electron chi connectivity index (χ0n) is 22.7. The van der Waals surface area contributed by atoms with E-state index in [1.165, 1.54) is 0 Å². The van der Waals surface area contributed by atoms with Crippen LogP contribution in [0.15, 0.2) is 47.4 Å². The van der Waals surface area contributed by atoms with Crippen LogP contribution in [0.3, 0.4) is 0 Å². The molecule has 0 radical (unpaired) electrons. The monoisotopic (exact) mass is 637 g/mol. The van der Waals surface area contributed by atoms with Crippen molar-refractivity contribution in [2.75, 3.05) is 10.9 Å². The van der Waals surface area contributed by atoms with Crippen molar-refractivity contribution in [3.05, 3.63) is 59.4 Å². The number of nitrogens with zero attached hydrogens (tertiary/aromatic N) is 1. The zero-order valence-corrected chi connectivity index (χ0v) is 23.5. The van der Waals surface area contributed by atoms with Gasteiger partial charge in [0.05, 0.1) is 16.6 Å². The number of hydrogen-bond donors (Lipinski definition) is 2. The molecular formula is C29H30F7NO5S. The molecule has 3 aliphatic rings. The predicted octanol–water partition coefficient (Wildman–Crippen LogP) is 5.65.